The predicted molar refractivity (Wildman–Crippen MR) is 98.1 cm³/mol. The number of alkyl halides is 3. The zero-order chi connectivity index (χ0) is 20.3. The van der Waals surface area contributed by atoms with E-state index in [1.54, 1.807) is 18.3 Å². The van der Waals surface area contributed by atoms with E-state index in [9.17, 15) is 22.4 Å². The molecule has 0 unspecified atom stereocenters. The minimum Gasteiger partial charge on any atom is -0.326 e. The van der Waals surface area contributed by atoms with E-state index < -0.39 is 23.5 Å². The SMILES string of the molecule is Cc1cc(-c2ccc(NC(=O)Cc3ccc(F)c(C(F)(F)F)c3)cc2)ccn1. The smallest absolute Gasteiger partial charge is 0.326 e. The third kappa shape index (κ3) is 4.73. The lowest BCUT2D eigenvalue weighted by Crippen LogP contribution is -2.15. The lowest BCUT2D eigenvalue weighted by molar-refractivity contribution is -0.140. The van der Waals surface area contributed by atoms with E-state index in [0.29, 0.717) is 11.8 Å². The van der Waals surface area contributed by atoms with E-state index >= 15 is 0 Å². The van der Waals surface area contributed by atoms with Gasteiger partial charge >= 0.3 is 6.18 Å². The van der Waals surface area contributed by atoms with E-state index in [1.165, 1.54) is 6.07 Å². The molecule has 0 saturated heterocycles. The molecule has 0 atom stereocenters. The van der Waals surface area contributed by atoms with Gasteiger partial charge in [-0.25, -0.2) is 4.39 Å². The number of nitrogens with zero attached hydrogens (tertiary/aromatic N) is 1. The average molecular weight is 388 g/mol. The molecule has 0 spiro atoms. The first-order chi connectivity index (χ1) is 13.2. The number of aromatic nitrogens is 1. The van der Waals surface area contributed by atoms with Gasteiger partial charge in [-0.1, -0.05) is 18.2 Å². The van der Waals surface area contributed by atoms with Gasteiger partial charge < -0.3 is 5.32 Å². The number of anilines is 1. The molecule has 1 N–H and O–H groups in total. The van der Waals surface area contributed by atoms with Crippen molar-refractivity contribution in [2.24, 2.45) is 0 Å². The Morgan fingerprint density at radius 2 is 1.71 bits per heavy atom. The van der Waals surface area contributed by atoms with Crippen LogP contribution in [0.4, 0.5) is 23.2 Å². The van der Waals surface area contributed by atoms with Crippen molar-refractivity contribution in [3.63, 3.8) is 0 Å². The monoisotopic (exact) mass is 388 g/mol. The number of carbonyl (C=O) groups excluding carboxylic acids is 1. The number of halogens is 4. The number of carbonyl (C=O) groups is 1. The standard InChI is InChI=1S/C21H16F4N2O/c1-13-10-16(8-9-26-13)15-3-5-17(6-4-15)27-20(28)12-14-2-7-19(22)18(11-14)21(23,24)25/h2-11H,12H2,1H3,(H,27,28). The number of pyridine rings is 1. The first-order valence-corrected chi connectivity index (χ1v) is 8.41. The quantitative estimate of drug-likeness (QED) is 0.609. The van der Waals surface area contributed by atoms with Gasteiger partial charge in [0.15, 0.2) is 0 Å². The van der Waals surface area contributed by atoms with Crippen LogP contribution in [-0.2, 0) is 17.4 Å². The minimum absolute atomic E-state index is 0.0788. The molecule has 0 aliphatic rings. The second-order valence-corrected chi connectivity index (χ2v) is 6.30. The number of amides is 1. The summed E-state index contributed by atoms with van der Waals surface area (Å²) in [4.78, 5) is 16.3. The van der Waals surface area contributed by atoms with Crippen molar-refractivity contribution in [2.45, 2.75) is 19.5 Å². The number of nitrogens with one attached hydrogen (secondary N) is 1. The zero-order valence-electron chi connectivity index (χ0n) is 14.8. The lowest BCUT2D eigenvalue weighted by atomic mass is 10.1. The van der Waals surface area contributed by atoms with Crippen LogP contribution in [0.25, 0.3) is 11.1 Å². The van der Waals surface area contributed by atoms with E-state index in [0.717, 1.165) is 22.9 Å². The molecule has 0 bridgehead atoms. The molecule has 3 aromatic rings. The maximum Gasteiger partial charge on any atom is 0.419 e. The highest BCUT2D eigenvalue weighted by atomic mass is 19.4. The Morgan fingerprint density at radius 1 is 1.00 bits per heavy atom. The van der Waals surface area contributed by atoms with Crippen molar-refractivity contribution in [3.05, 3.63) is 83.4 Å². The van der Waals surface area contributed by atoms with Crippen LogP contribution >= 0.6 is 0 Å². The average Bonchev–Trinajstić information content (AvgIpc) is 2.63. The van der Waals surface area contributed by atoms with Gasteiger partial charge in [-0.15, -0.1) is 0 Å². The van der Waals surface area contributed by atoms with Gasteiger partial charge in [-0.05, 0) is 60.0 Å². The van der Waals surface area contributed by atoms with Gasteiger partial charge in [0.1, 0.15) is 5.82 Å². The molecule has 0 radical (unpaired) electrons. The Morgan fingerprint density at radius 3 is 2.36 bits per heavy atom. The van der Waals surface area contributed by atoms with Crippen molar-refractivity contribution >= 4 is 11.6 Å². The molecule has 1 amide bonds. The van der Waals surface area contributed by atoms with Gasteiger partial charge in [-0.3, -0.25) is 9.78 Å². The van der Waals surface area contributed by atoms with E-state index in [4.69, 9.17) is 0 Å². The zero-order valence-corrected chi connectivity index (χ0v) is 14.8. The number of rotatable bonds is 4. The summed E-state index contributed by atoms with van der Waals surface area (Å²) in [5.74, 6) is -1.86. The molecule has 1 aromatic heterocycles. The molecule has 3 nitrogen and oxygen atoms in total. The first-order valence-electron chi connectivity index (χ1n) is 8.41. The Balaban J connectivity index is 1.68. The van der Waals surface area contributed by atoms with Gasteiger partial charge in [0.25, 0.3) is 0 Å². The van der Waals surface area contributed by atoms with Crippen molar-refractivity contribution in [1.29, 1.82) is 0 Å². The van der Waals surface area contributed by atoms with Gasteiger partial charge in [0, 0.05) is 17.6 Å². The normalized spacial score (nSPS) is 11.3. The predicted octanol–water partition coefficient (Wildman–Crippen LogP) is 5.40. The summed E-state index contributed by atoms with van der Waals surface area (Å²) >= 11 is 0. The number of hydrogen-bond donors (Lipinski definition) is 1. The molecule has 3 rings (SSSR count). The highest BCUT2D eigenvalue weighted by molar-refractivity contribution is 5.92. The Bertz CT molecular complexity index is 998. The maximum absolute atomic E-state index is 13.3. The minimum atomic E-state index is -4.81. The lowest BCUT2D eigenvalue weighted by Gasteiger charge is -2.11. The largest absolute Gasteiger partial charge is 0.419 e. The Hall–Kier alpha value is -3.22. The summed E-state index contributed by atoms with van der Waals surface area (Å²) in [6, 6.07) is 13.4. The molecular formula is C21H16F4N2O. The van der Waals surface area contributed by atoms with Gasteiger partial charge in [-0.2, -0.15) is 13.2 Å². The Kier molecular flexibility index (Phi) is 5.44. The molecule has 2 aromatic carbocycles. The fourth-order valence-corrected chi connectivity index (χ4v) is 2.76. The number of hydrogen-bond acceptors (Lipinski definition) is 2. The second-order valence-electron chi connectivity index (χ2n) is 6.30. The number of benzene rings is 2. The van der Waals surface area contributed by atoms with Crippen LogP contribution in [0.1, 0.15) is 16.8 Å². The highest BCUT2D eigenvalue weighted by Gasteiger charge is 2.34. The van der Waals surface area contributed by atoms with Crippen molar-refractivity contribution in [1.82, 2.24) is 4.98 Å². The molecule has 28 heavy (non-hydrogen) atoms. The second kappa shape index (κ2) is 7.80. The van der Waals surface area contributed by atoms with Crippen LogP contribution in [0.15, 0.2) is 60.8 Å². The van der Waals surface area contributed by atoms with Crippen LogP contribution in [0.3, 0.4) is 0 Å². The van der Waals surface area contributed by atoms with Crippen molar-refractivity contribution in [3.8, 4) is 11.1 Å². The summed E-state index contributed by atoms with van der Waals surface area (Å²) in [5, 5.41) is 2.63. The van der Waals surface area contributed by atoms with Crippen LogP contribution in [-0.4, -0.2) is 10.9 Å². The molecule has 0 aliphatic carbocycles. The van der Waals surface area contributed by atoms with E-state index in [2.05, 4.69) is 10.3 Å². The molecule has 7 heteroatoms. The van der Waals surface area contributed by atoms with Crippen molar-refractivity contribution < 1.29 is 22.4 Å². The van der Waals surface area contributed by atoms with Gasteiger partial charge in [0.05, 0.1) is 12.0 Å². The summed E-state index contributed by atoms with van der Waals surface area (Å²) in [6.07, 6.45) is -3.40. The molecule has 1 heterocycles. The third-order valence-electron chi connectivity index (χ3n) is 4.10. The van der Waals surface area contributed by atoms with E-state index in [-0.39, 0.29) is 12.0 Å². The maximum atomic E-state index is 13.3. The van der Waals surface area contributed by atoms with Crippen molar-refractivity contribution in [2.75, 3.05) is 5.32 Å². The molecule has 0 saturated carbocycles. The summed E-state index contributed by atoms with van der Waals surface area (Å²) in [7, 11) is 0. The van der Waals surface area contributed by atoms with Gasteiger partial charge in [0.2, 0.25) is 5.91 Å². The molecule has 144 valence electrons. The van der Waals surface area contributed by atoms with Crippen LogP contribution in [0.5, 0.6) is 0 Å². The number of aryl methyl sites for hydroxylation is 1. The first kappa shape index (κ1) is 19.5. The third-order valence-corrected chi connectivity index (χ3v) is 4.10. The fraction of sp³-hybridized carbons (Fsp3) is 0.143. The Labute approximate surface area is 159 Å². The molecule has 0 aliphatic heterocycles. The summed E-state index contributed by atoms with van der Waals surface area (Å²) < 4.78 is 51.6. The molecular weight excluding hydrogens is 372 g/mol. The van der Waals surface area contributed by atoms with Crippen LogP contribution < -0.4 is 5.32 Å². The van der Waals surface area contributed by atoms with Crippen LogP contribution in [0, 0.1) is 12.7 Å². The summed E-state index contributed by atoms with van der Waals surface area (Å²) in [5.41, 5.74) is 2.02. The van der Waals surface area contributed by atoms with Crippen LogP contribution in [0.2, 0.25) is 0 Å². The molecule has 0 fully saturated rings. The van der Waals surface area contributed by atoms with E-state index in [1.807, 2.05) is 31.2 Å². The topological polar surface area (TPSA) is 42.0 Å². The fourth-order valence-electron chi connectivity index (χ4n) is 2.76. The highest BCUT2D eigenvalue weighted by Crippen LogP contribution is 2.32. The summed E-state index contributed by atoms with van der Waals surface area (Å²) in [6.45, 7) is 1.89.